The number of carbonyl (C=O) groups is 2. The molecule has 0 aliphatic carbocycles. The Labute approximate surface area is 167 Å². The van der Waals surface area contributed by atoms with Gasteiger partial charge >= 0.3 is 0 Å². The number of nitrogens with zero attached hydrogens (tertiary/aromatic N) is 1. The molecule has 2 aromatic carbocycles. The van der Waals surface area contributed by atoms with E-state index < -0.39 is 0 Å². The molecular formula is C20H20ClFN2O2S. The van der Waals surface area contributed by atoms with Crippen LogP contribution in [0.15, 0.2) is 36.4 Å². The molecule has 0 spiro atoms. The Hall–Kier alpha value is -2.05. The van der Waals surface area contributed by atoms with Gasteiger partial charge in [0.1, 0.15) is 5.82 Å². The lowest BCUT2D eigenvalue weighted by Crippen LogP contribution is -2.24. The van der Waals surface area contributed by atoms with Gasteiger partial charge in [0.15, 0.2) is 0 Å². The molecule has 0 aromatic heterocycles. The number of hydrogen-bond donors (Lipinski definition) is 1. The minimum absolute atomic E-state index is 0.140. The summed E-state index contributed by atoms with van der Waals surface area (Å²) >= 11 is 7.07. The van der Waals surface area contributed by atoms with Gasteiger partial charge in [-0.15, -0.1) is 11.8 Å². The summed E-state index contributed by atoms with van der Waals surface area (Å²) in [5, 5.41) is 3.20. The van der Waals surface area contributed by atoms with Crippen LogP contribution in [0.3, 0.4) is 0 Å². The summed E-state index contributed by atoms with van der Waals surface area (Å²) in [4.78, 5) is 25.8. The first-order chi connectivity index (χ1) is 12.9. The molecule has 0 radical (unpaired) electrons. The van der Waals surface area contributed by atoms with Crippen molar-refractivity contribution in [3.05, 3.63) is 58.4 Å². The van der Waals surface area contributed by atoms with E-state index in [0.717, 1.165) is 24.2 Å². The Morgan fingerprint density at radius 3 is 2.78 bits per heavy atom. The molecule has 0 bridgehead atoms. The van der Waals surface area contributed by atoms with Crippen LogP contribution in [0.2, 0.25) is 5.02 Å². The number of thioether (sulfide) groups is 1. The predicted octanol–water partition coefficient (Wildman–Crippen LogP) is 4.79. The molecule has 1 aliphatic rings. The molecule has 1 fully saturated rings. The number of anilines is 2. The number of rotatable bonds is 6. The Kier molecular flexibility index (Phi) is 6.39. The van der Waals surface area contributed by atoms with E-state index in [9.17, 15) is 14.0 Å². The second-order valence-corrected chi connectivity index (χ2v) is 7.85. The van der Waals surface area contributed by atoms with Crippen molar-refractivity contribution in [2.45, 2.75) is 25.5 Å². The van der Waals surface area contributed by atoms with E-state index >= 15 is 0 Å². The van der Waals surface area contributed by atoms with Crippen LogP contribution in [-0.4, -0.2) is 24.1 Å². The molecule has 142 valence electrons. The number of aryl methyl sites for hydroxylation is 1. The Morgan fingerprint density at radius 2 is 2.11 bits per heavy atom. The summed E-state index contributed by atoms with van der Waals surface area (Å²) in [6.07, 6.45) is 1.46. The highest BCUT2D eigenvalue weighted by Gasteiger charge is 2.23. The number of halogens is 2. The first-order valence-electron chi connectivity index (χ1n) is 8.66. The van der Waals surface area contributed by atoms with E-state index in [1.807, 2.05) is 19.1 Å². The minimum atomic E-state index is -0.363. The molecule has 4 nitrogen and oxygen atoms in total. The van der Waals surface area contributed by atoms with E-state index in [1.165, 1.54) is 17.8 Å². The van der Waals surface area contributed by atoms with Crippen molar-refractivity contribution in [2.24, 2.45) is 0 Å². The Bertz CT molecular complexity index is 875. The third-order valence-corrected chi connectivity index (χ3v) is 5.57. The maximum absolute atomic E-state index is 13.7. The SMILES string of the molecule is Cc1cc(NC(=O)CSCc2ccc(Cl)cc2F)ccc1N1CCCC1=O. The van der Waals surface area contributed by atoms with Crippen LogP contribution in [0.1, 0.15) is 24.0 Å². The summed E-state index contributed by atoms with van der Waals surface area (Å²) in [7, 11) is 0. The maximum atomic E-state index is 13.7. The van der Waals surface area contributed by atoms with E-state index in [4.69, 9.17) is 11.6 Å². The molecule has 1 saturated heterocycles. The molecular weight excluding hydrogens is 387 g/mol. The number of benzene rings is 2. The van der Waals surface area contributed by atoms with E-state index in [0.29, 0.717) is 28.4 Å². The van der Waals surface area contributed by atoms with Crippen molar-refractivity contribution in [1.82, 2.24) is 0 Å². The zero-order chi connectivity index (χ0) is 19.4. The van der Waals surface area contributed by atoms with Crippen LogP contribution in [0, 0.1) is 12.7 Å². The average molecular weight is 407 g/mol. The fourth-order valence-corrected chi connectivity index (χ4v) is 4.00. The van der Waals surface area contributed by atoms with Crippen LogP contribution in [0.5, 0.6) is 0 Å². The number of hydrogen-bond acceptors (Lipinski definition) is 3. The molecule has 0 atom stereocenters. The fourth-order valence-electron chi connectivity index (χ4n) is 3.03. The third kappa shape index (κ3) is 5.02. The molecule has 2 aromatic rings. The molecule has 2 amide bonds. The van der Waals surface area contributed by atoms with Crippen LogP contribution >= 0.6 is 23.4 Å². The van der Waals surface area contributed by atoms with Crippen LogP contribution in [0.4, 0.5) is 15.8 Å². The second-order valence-electron chi connectivity index (χ2n) is 6.43. The number of nitrogens with one attached hydrogen (secondary N) is 1. The minimum Gasteiger partial charge on any atom is -0.325 e. The largest absolute Gasteiger partial charge is 0.325 e. The zero-order valence-electron chi connectivity index (χ0n) is 14.9. The van der Waals surface area contributed by atoms with Crippen LogP contribution < -0.4 is 10.2 Å². The van der Waals surface area contributed by atoms with E-state index in [-0.39, 0.29) is 23.4 Å². The van der Waals surface area contributed by atoms with Crippen molar-refractivity contribution in [3.8, 4) is 0 Å². The van der Waals surface area contributed by atoms with Gasteiger partial charge in [-0.2, -0.15) is 0 Å². The molecule has 27 heavy (non-hydrogen) atoms. The van der Waals surface area contributed by atoms with Gasteiger partial charge < -0.3 is 10.2 Å². The molecule has 0 unspecified atom stereocenters. The van der Waals surface area contributed by atoms with Crippen LogP contribution in [-0.2, 0) is 15.3 Å². The lowest BCUT2D eigenvalue weighted by molar-refractivity contribution is -0.117. The van der Waals surface area contributed by atoms with Gasteiger partial charge in [-0.3, -0.25) is 9.59 Å². The monoisotopic (exact) mass is 406 g/mol. The first-order valence-corrected chi connectivity index (χ1v) is 10.2. The standard InChI is InChI=1S/C20H20ClFN2O2S/c1-13-9-16(6-7-18(13)24-8-2-3-20(24)26)23-19(25)12-27-11-14-4-5-15(21)10-17(14)22/h4-7,9-10H,2-3,8,11-12H2,1H3,(H,23,25). The second kappa shape index (κ2) is 8.76. The van der Waals surface area contributed by atoms with Crippen molar-refractivity contribution in [1.29, 1.82) is 0 Å². The van der Waals surface area contributed by atoms with Gasteiger partial charge in [0.2, 0.25) is 11.8 Å². The van der Waals surface area contributed by atoms with E-state index in [1.54, 1.807) is 23.1 Å². The zero-order valence-corrected chi connectivity index (χ0v) is 16.5. The summed E-state index contributed by atoms with van der Waals surface area (Å²) < 4.78 is 13.7. The average Bonchev–Trinajstić information content (AvgIpc) is 3.03. The molecule has 0 saturated carbocycles. The summed E-state index contributed by atoms with van der Waals surface area (Å²) in [5.41, 5.74) is 3.04. The lowest BCUT2D eigenvalue weighted by atomic mass is 10.1. The van der Waals surface area contributed by atoms with Crippen molar-refractivity contribution < 1.29 is 14.0 Å². The highest BCUT2D eigenvalue weighted by molar-refractivity contribution is 7.99. The lowest BCUT2D eigenvalue weighted by Gasteiger charge is -2.19. The molecule has 1 aliphatic heterocycles. The van der Waals surface area contributed by atoms with Gasteiger partial charge in [-0.05, 0) is 54.8 Å². The summed E-state index contributed by atoms with van der Waals surface area (Å²) in [6.45, 7) is 2.66. The van der Waals surface area contributed by atoms with E-state index in [2.05, 4.69) is 5.32 Å². The number of amides is 2. The molecule has 1 N–H and O–H groups in total. The fraction of sp³-hybridized carbons (Fsp3) is 0.300. The normalized spacial score (nSPS) is 13.9. The highest BCUT2D eigenvalue weighted by atomic mass is 35.5. The van der Waals surface area contributed by atoms with Gasteiger partial charge in [0.05, 0.1) is 5.75 Å². The summed E-state index contributed by atoms with van der Waals surface area (Å²) in [6, 6.07) is 10.1. The van der Waals surface area contributed by atoms with Crippen LogP contribution in [0.25, 0.3) is 0 Å². The van der Waals surface area contributed by atoms with Gasteiger partial charge in [-0.25, -0.2) is 4.39 Å². The maximum Gasteiger partial charge on any atom is 0.234 e. The Balaban J connectivity index is 1.53. The molecule has 3 rings (SSSR count). The highest BCUT2D eigenvalue weighted by Crippen LogP contribution is 2.27. The molecule has 1 heterocycles. The first kappa shape index (κ1) is 19.7. The third-order valence-electron chi connectivity index (χ3n) is 4.35. The number of carbonyl (C=O) groups excluding carboxylic acids is 2. The van der Waals surface area contributed by atoms with Gasteiger partial charge in [0.25, 0.3) is 0 Å². The Morgan fingerprint density at radius 1 is 1.30 bits per heavy atom. The van der Waals surface area contributed by atoms with Crippen molar-refractivity contribution in [3.63, 3.8) is 0 Å². The smallest absolute Gasteiger partial charge is 0.234 e. The predicted molar refractivity (Wildman–Crippen MR) is 109 cm³/mol. The quantitative estimate of drug-likeness (QED) is 0.750. The summed E-state index contributed by atoms with van der Waals surface area (Å²) in [5.74, 6) is 0.233. The van der Waals surface area contributed by atoms with Crippen molar-refractivity contribution >= 4 is 46.6 Å². The van der Waals surface area contributed by atoms with Crippen molar-refractivity contribution in [2.75, 3.05) is 22.5 Å². The van der Waals surface area contributed by atoms with Gasteiger partial charge in [0, 0.05) is 35.1 Å². The molecule has 7 heteroatoms. The topological polar surface area (TPSA) is 49.4 Å². The van der Waals surface area contributed by atoms with Gasteiger partial charge in [-0.1, -0.05) is 17.7 Å².